The first-order valence-corrected chi connectivity index (χ1v) is 4.38. The first kappa shape index (κ1) is 12.4. The number of amides is 2. The molecule has 0 radical (unpaired) electrons. The number of carbonyl (C=O) groups is 2. The number of hydrogen-bond donors (Lipinski definition) is 2. The molecule has 2 amide bonds. The Bertz CT molecular complexity index is 267. The number of nitrogens with one attached hydrogen (secondary N) is 1. The molecule has 4 heteroatoms. The van der Waals surface area contributed by atoms with Gasteiger partial charge in [-0.2, -0.15) is 0 Å². The molecule has 0 aromatic rings. The minimum atomic E-state index is -0.595. The molecular weight excluding hydrogens is 180 g/mol. The van der Waals surface area contributed by atoms with Gasteiger partial charge in [0.15, 0.2) is 0 Å². The lowest BCUT2D eigenvalue weighted by molar-refractivity contribution is -0.117. The molecule has 0 spiro atoms. The van der Waals surface area contributed by atoms with Gasteiger partial charge in [0.1, 0.15) is 0 Å². The number of carbonyl (C=O) groups excluding carboxylic acids is 2. The van der Waals surface area contributed by atoms with E-state index in [0.29, 0.717) is 12.5 Å². The minimum Gasteiger partial charge on any atom is -0.366 e. The van der Waals surface area contributed by atoms with Crippen molar-refractivity contribution >= 4 is 11.8 Å². The first-order valence-electron chi connectivity index (χ1n) is 4.38. The average molecular weight is 196 g/mol. The average Bonchev–Trinajstić information content (AvgIpc) is 2.09. The largest absolute Gasteiger partial charge is 0.366 e. The number of hydrogen-bond acceptors (Lipinski definition) is 2. The van der Waals surface area contributed by atoms with Crippen LogP contribution in [0.15, 0.2) is 24.3 Å². The molecule has 0 saturated carbocycles. The zero-order valence-electron chi connectivity index (χ0n) is 8.54. The van der Waals surface area contributed by atoms with Gasteiger partial charge < -0.3 is 11.1 Å². The van der Waals surface area contributed by atoms with Crippen molar-refractivity contribution in [3.05, 3.63) is 24.3 Å². The van der Waals surface area contributed by atoms with E-state index in [-0.39, 0.29) is 11.5 Å². The lowest BCUT2D eigenvalue weighted by atomic mass is 10.2. The van der Waals surface area contributed by atoms with Crippen molar-refractivity contribution in [3.8, 4) is 0 Å². The SMILES string of the molecule is C=C(C=CC(N)=O)C(=O)NCC(C)C. The van der Waals surface area contributed by atoms with E-state index in [0.717, 1.165) is 6.08 Å². The second kappa shape index (κ2) is 5.96. The van der Waals surface area contributed by atoms with Crippen molar-refractivity contribution in [2.75, 3.05) is 6.54 Å². The van der Waals surface area contributed by atoms with E-state index < -0.39 is 5.91 Å². The second-order valence-corrected chi connectivity index (χ2v) is 3.36. The highest BCUT2D eigenvalue weighted by Gasteiger charge is 2.03. The molecular formula is C10H16N2O2. The fraction of sp³-hybridized carbons (Fsp3) is 0.400. The second-order valence-electron chi connectivity index (χ2n) is 3.36. The molecule has 0 rings (SSSR count). The fourth-order valence-electron chi connectivity index (χ4n) is 0.669. The third kappa shape index (κ3) is 5.99. The standard InChI is InChI=1S/C10H16N2O2/c1-7(2)6-12-10(14)8(3)4-5-9(11)13/h4-5,7H,3,6H2,1-2H3,(H2,11,13)(H,12,14). The van der Waals surface area contributed by atoms with Crippen LogP contribution in [-0.2, 0) is 9.59 Å². The van der Waals surface area contributed by atoms with Crippen LogP contribution >= 0.6 is 0 Å². The van der Waals surface area contributed by atoms with Crippen LogP contribution in [0.25, 0.3) is 0 Å². The molecule has 0 aromatic carbocycles. The summed E-state index contributed by atoms with van der Waals surface area (Å²) in [5, 5.41) is 2.66. The number of nitrogens with two attached hydrogens (primary N) is 1. The van der Waals surface area contributed by atoms with Gasteiger partial charge in [-0.1, -0.05) is 20.4 Å². The third-order valence-corrected chi connectivity index (χ3v) is 1.41. The van der Waals surface area contributed by atoms with Gasteiger partial charge in [-0.05, 0) is 12.0 Å². The third-order valence-electron chi connectivity index (χ3n) is 1.41. The van der Waals surface area contributed by atoms with Crippen LogP contribution in [0.3, 0.4) is 0 Å². The zero-order chi connectivity index (χ0) is 11.1. The quantitative estimate of drug-likeness (QED) is 0.492. The van der Waals surface area contributed by atoms with Gasteiger partial charge in [-0.3, -0.25) is 9.59 Å². The van der Waals surface area contributed by atoms with E-state index >= 15 is 0 Å². The number of rotatable bonds is 5. The molecule has 0 heterocycles. The molecule has 14 heavy (non-hydrogen) atoms. The van der Waals surface area contributed by atoms with Crippen molar-refractivity contribution in [1.82, 2.24) is 5.32 Å². The van der Waals surface area contributed by atoms with Crippen molar-refractivity contribution in [2.24, 2.45) is 11.7 Å². The maximum atomic E-state index is 11.2. The maximum Gasteiger partial charge on any atom is 0.250 e. The summed E-state index contributed by atoms with van der Waals surface area (Å²) in [7, 11) is 0. The van der Waals surface area contributed by atoms with E-state index in [2.05, 4.69) is 11.9 Å². The highest BCUT2D eigenvalue weighted by atomic mass is 16.2. The smallest absolute Gasteiger partial charge is 0.250 e. The molecule has 3 N–H and O–H groups in total. The molecule has 4 nitrogen and oxygen atoms in total. The lowest BCUT2D eigenvalue weighted by Crippen LogP contribution is -2.27. The van der Waals surface area contributed by atoms with Crippen LogP contribution in [0, 0.1) is 5.92 Å². The van der Waals surface area contributed by atoms with Crippen LogP contribution in [0.5, 0.6) is 0 Å². The summed E-state index contributed by atoms with van der Waals surface area (Å²) in [5.74, 6) is -0.495. The molecule has 0 atom stereocenters. The van der Waals surface area contributed by atoms with Crippen molar-refractivity contribution in [3.63, 3.8) is 0 Å². The molecule has 0 aliphatic carbocycles. The van der Waals surface area contributed by atoms with Crippen LogP contribution in [0.4, 0.5) is 0 Å². The molecule has 0 fully saturated rings. The van der Waals surface area contributed by atoms with Gasteiger partial charge in [0.2, 0.25) is 5.91 Å². The van der Waals surface area contributed by atoms with E-state index in [1.54, 1.807) is 0 Å². The molecule has 0 aliphatic heterocycles. The van der Waals surface area contributed by atoms with Crippen LogP contribution in [0.1, 0.15) is 13.8 Å². The molecule has 0 aliphatic rings. The van der Waals surface area contributed by atoms with Crippen LogP contribution in [0.2, 0.25) is 0 Å². The molecule has 0 bridgehead atoms. The maximum absolute atomic E-state index is 11.2. The van der Waals surface area contributed by atoms with Gasteiger partial charge in [-0.15, -0.1) is 0 Å². The monoisotopic (exact) mass is 196 g/mol. The van der Waals surface area contributed by atoms with E-state index in [1.807, 2.05) is 13.8 Å². The van der Waals surface area contributed by atoms with E-state index in [9.17, 15) is 9.59 Å². The Morgan fingerprint density at radius 3 is 2.43 bits per heavy atom. The fourth-order valence-corrected chi connectivity index (χ4v) is 0.669. The van der Waals surface area contributed by atoms with Gasteiger partial charge in [0.25, 0.3) is 5.91 Å². The van der Waals surface area contributed by atoms with E-state index in [4.69, 9.17) is 5.73 Å². The summed E-state index contributed by atoms with van der Waals surface area (Å²) in [6.45, 7) is 8.06. The Morgan fingerprint density at radius 1 is 1.43 bits per heavy atom. The molecule has 78 valence electrons. The number of primary amides is 1. The highest BCUT2D eigenvalue weighted by Crippen LogP contribution is 1.94. The van der Waals surface area contributed by atoms with E-state index in [1.165, 1.54) is 6.08 Å². The summed E-state index contributed by atoms with van der Waals surface area (Å²) in [6.07, 6.45) is 2.41. The van der Waals surface area contributed by atoms with Gasteiger partial charge >= 0.3 is 0 Å². The normalized spacial score (nSPS) is 10.5. The topological polar surface area (TPSA) is 72.2 Å². The summed E-state index contributed by atoms with van der Waals surface area (Å²) in [5.41, 5.74) is 5.09. The summed E-state index contributed by atoms with van der Waals surface area (Å²) >= 11 is 0. The predicted octanol–water partition coefficient (Wildman–Crippen LogP) is 0.356. The summed E-state index contributed by atoms with van der Waals surface area (Å²) in [4.78, 5) is 21.6. The highest BCUT2D eigenvalue weighted by molar-refractivity contribution is 5.97. The Labute approximate surface area is 83.9 Å². The summed E-state index contributed by atoms with van der Waals surface area (Å²) in [6, 6.07) is 0. The van der Waals surface area contributed by atoms with Crippen LogP contribution in [-0.4, -0.2) is 18.4 Å². The zero-order valence-corrected chi connectivity index (χ0v) is 8.54. The Balaban J connectivity index is 4.01. The first-order chi connectivity index (χ1) is 6.43. The molecule has 0 saturated heterocycles. The Kier molecular flexibility index (Phi) is 5.29. The van der Waals surface area contributed by atoms with Crippen molar-refractivity contribution in [1.29, 1.82) is 0 Å². The van der Waals surface area contributed by atoms with Gasteiger partial charge in [0.05, 0.1) is 0 Å². The molecule has 0 aromatic heterocycles. The predicted molar refractivity (Wildman–Crippen MR) is 55.3 cm³/mol. The van der Waals surface area contributed by atoms with Crippen LogP contribution < -0.4 is 11.1 Å². The van der Waals surface area contributed by atoms with Gasteiger partial charge in [-0.25, -0.2) is 0 Å². The Hall–Kier alpha value is -1.58. The minimum absolute atomic E-state index is 0.226. The van der Waals surface area contributed by atoms with Crippen molar-refractivity contribution in [2.45, 2.75) is 13.8 Å². The molecule has 0 unspecified atom stereocenters. The lowest BCUT2D eigenvalue weighted by Gasteiger charge is -2.06. The van der Waals surface area contributed by atoms with Gasteiger partial charge in [0, 0.05) is 18.2 Å². The summed E-state index contributed by atoms with van der Waals surface area (Å²) < 4.78 is 0. The Morgan fingerprint density at radius 2 is 2.00 bits per heavy atom. The van der Waals surface area contributed by atoms with Crippen molar-refractivity contribution < 1.29 is 9.59 Å².